The van der Waals surface area contributed by atoms with E-state index < -0.39 is 0 Å². The predicted octanol–water partition coefficient (Wildman–Crippen LogP) is 6.12. The third-order valence-electron chi connectivity index (χ3n) is 4.92. The maximum absolute atomic E-state index is 5.07. The van der Waals surface area contributed by atoms with Crippen LogP contribution in [-0.4, -0.2) is 14.1 Å². The molecule has 4 aromatic rings. The molecule has 0 aliphatic carbocycles. The molecule has 0 saturated carbocycles. The Morgan fingerprint density at radius 1 is 1.07 bits per heavy atom. The zero-order chi connectivity index (χ0) is 20.2. The first-order valence-electron chi connectivity index (χ1n) is 9.63. The van der Waals surface area contributed by atoms with Gasteiger partial charge in [0.2, 0.25) is 0 Å². The molecule has 0 radical (unpaired) electrons. The van der Waals surface area contributed by atoms with Gasteiger partial charge in [-0.15, -0.1) is 11.3 Å². The molecule has 4 rings (SSSR count). The highest BCUT2D eigenvalue weighted by Crippen LogP contribution is 2.26. The molecular weight excluding hydrogens is 444 g/mol. The van der Waals surface area contributed by atoms with E-state index in [2.05, 4.69) is 91.7 Å². The van der Waals surface area contributed by atoms with Crippen LogP contribution in [0, 0.1) is 13.8 Å². The number of aromatic nitrogens is 3. The van der Waals surface area contributed by atoms with E-state index in [4.69, 9.17) is 4.99 Å². The summed E-state index contributed by atoms with van der Waals surface area (Å²) >= 11 is 5.30. The van der Waals surface area contributed by atoms with Gasteiger partial charge >= 0.3 is 0 Å². The van der Waals surface area contributed by atoms with Gasteiger partial charge in [0.15, 0.2) is 4.80 Å². The Morgan fingerprint density at radius 2 is 1.86 bits per heavy atom. The Morgan fingerprint density at radius 3 is 2.59 bits per heavy atom. The minimum Gasteiger partial charge on any atom is -0.337 e. The topological polar surface area (TPSA) is 35.1 Å². The predicted molar refractivity (Wildman–Crippen MR) is 123 cm³/mol. The smallest absolute Gasteiger partial charge is 0.190 e. The fourth-order valence-corrected chi connectivity index (χ4v) is 4.76. The number of benzene rings is 2. The van der Waals surface area contributed by atoms with Crippen LogP contribution in [-0.2, 0) is 13.1 Å². The molecule has 2 aromatic carbocycles. The first-order valence-corrected chi connectivity index (χ1v) is 11.3. The number of thiazole rings is 1. The Hall–Kier alpha value is -2.44. The van der Waals surface area contributed by atoms with Crippen molar-refractivity contribution in [2.24, 2.45) is 4.99 Å². The van der Waals surface area contributed by atoms with Crippen molar-refractivity contribution in [2.75, 3.05) is 0 Å². The lowest BCUT2D eigenvalue weighted by Gasteiger charge is -2.11. The third kappa shape index (κ3) is 4.60. The van der Waals surface area contributed by atoms with E-state index in [1.54, 1.807) is 11.3 Å². The molecule has 29 heavy (non-hydrogen) atoms. The molecule has 0 fully saturated rings. The van der Waals surface area contributed by atoms with Crippen LogP contribution in [0.5, 0.6) is 0 Å². The van der Waals surface area contributed by atoms with Gasteiger partial charge in [-0.25, -0.2) is 9.98 Å². The van der Waals surface area contributed by atoms with Gasteiger partial charge in [-0.3, -0.25) is 0 Å². The normalized spacial score (nSPS) is 11.9. The molecule has 0 N–H and O–H groups in total. The second-order valence-electron chi connectivity index (χ2n) is 7.07. The highest BCUT2D eigenvalue weighted by atomic mass is 79.9. The van der Waals surface area contributed by atoms with E-state index in [1.165, 1.54) is 22.4 Å². The molecule has 0 saturated heterocycles. The lowest BCUT2D eigenvalue weighted by atomic mass is 10.1. The number of aryl methyl sites for hydroxylation is 3. The summed E-state index contributed by atoms with van der Waals surface area (Å²) in [5.41, 5.74) is 5.87. The number of imidazole rings is 1. The van der Waals surface area contributed by atoms with Crippen LogP contribution in [0.25, 0.3) is 11.3 Å². The van der Waals surface area contributed by atoms with E-state index in [0.717, 1.165) is 34.5 Å². The van der Waals surface area contributed by atoms with Gasteiger partial charge in [0.25, 0.3) is 0 Å². The van der Waals surface area contributed by atoms with Gasteiger partial charge < -0.3 is 9.13 Å². The summed E-state index contributed by atoms with van der Waals surface area (Å²) in [7, 11) is 0. The highest BCUT2D eigenvalue weighted by Gasteiger charge is 2.10. The molecule has 2 heterocycles. The lowest BCUT2D eigenvalue weighted by molar-refractivity contribution is 0.559. The number of hydrogen-bond acceptors (Lipinski definition) is 3. The minimum atomic E-state index is 0.896. The van der Waals surface area contributed by atoms with Gasteiger partial charge in [-0.05, 0) is 43.5 Å². The van der Waals surface area contributed by atoms with Gasteiger partial charge in [-0.2, -0.15) is 0 Å². The monoisotopic (exact) mass is 466 g/mol. The van der Waals surface area contributed by atoms with Crippen molar-refractivity contribution >= 4 is 33.0 Å². The Kier molecular flexibility index (Phi) is 6.11. The van der Waals surface area contributed by atoms with Crippen LogP contribution in [0.2, 0.25) is 0 Å². The van der Waals surface area contributed by atoms with Crippen LogP contribution in [0.1, 0.15) is 17.5 Å². The number of rotatable bonds is 6. The molecule has 0 spiro atoms. The SMILES string of the molecule is Cc1cccc(C)c1N=c1scc(-c2cccc(Br)c2)n1CCCn1ccnc1. The van der Waals surface area contributed by atoms with Gasteiger partial charge in [0, 0.05) is 40.9 Å². The van der Waals surface area contributed by atoms with Crippen LogP contribution in [0.4, 0.5) is 5.69 Å². The van der Waals surface area contributed by atoms with Crippen LogP contribution >= 0.6 is 27.3 Å². The molecule has 148 valence electrons. The van der Waals surface area contributed by atoms with Crippen LogP contribution < -0.4 is 4.80 Å². The largest absolute Gasteiger partial charge is 0.337 e. The molecule has 0 bridgehead atoms. The van der Waals surface area contributed by atoms with Crippen molar-refractivity contribution in [3.8, 4) is 11.3 Å². The maximum atomic E-state index is 5.07. The van der Waals surface area contributed by atoms with Crippen LogP contribution in [0.15, 0.2) is 76.0 Å². The molecular formula is C23H23BrN4S. The average Bonchev–Trinajstić information content (AvgIpc) is 3.35. The summed E-state index contributed by atoms with van der Waals surface area (Å²) in [5, 5.41) is 2.21. The van der Waals surface area contributed by atoms with Crippen molar-refractivity contribution < 1.29 is 0 Å². The summed E-state index contributed by atoms with van der Waals surface area (Å²) in [4.78, 5) is 10.2. The molecule has 6 heteroatoms. The van der Waals surface area contributed by atoms with Gasteiger partial charge in [0.1, 0.15) is 0 Å². The van der Waals surface area contributed by atoms with E-state index >= 15 is 0 Å². The number of hydrogen-bond donors (Lipinski definition) is 0. The van der Waals surface area contributed by atoms with Crippen molar-refractivity contribution in [2.45, 2.75) is 33.4 Å². The molecule has 0 aliphatic heterocycles. The molecule has 0 aliphatic rings. The summed E-state index contributed by atoms with van der Waals surface area (Å²) in [5.74, 6) is 0. The highest BCUT2D eigenvalue weighted by molar-refractivity contribution is 9.10. The summed E-state index contributed by atoms with van der Waals surface area (Å²) in [6, 6.07) is 14.8. The van der Waals surface area contributed by atoms with Crippen molar-refractivity contribution in [3.63, 3.8) is 0 Å². The summed E-state index contributed by atoms with van der Waals surface area (Å²) < 4.78 is 5.54. The van der Waals surface area contributed by atoms with E-state index in [-0.39, 0.29) is 0 Å². The van der Waals surface area contributed by atoms with Crippen molar-refractivity contribution in [1.82, 2.24) is 14.1 Å². The fourth-order valence-electron chi connectivity index (χ4n) is 3.42. The van der Waals surface area contributed by atoms with Crippen LogP contribution in [0.3, 0.4) is 0 Å². The van der Waals surface area contributed by atoms with E-state index in [1.807, 2.05) is 18.7 Å². The minimum absolute atomic E-state index is 0.896. The Balaban J connectivity index is 1.75. The zero-order valence-electron chi connectivity index (χ0n) is 16.5. The molecule has 0 unspecified atom stereocenters. The molecule has 0 atom stereocenters. The van der Waals surface area contributed by atoms with Gasteiger partial charge in [-0.1, -0.05) is 46.3 Å². The second-order valence-corrected chi connectivity index (χ2v) is 8.82. The fraction of sp³-hybridized carbons (Fsp3) is 0.217. The molecule has 0 amide bonds. The number of nitrogens with zero attached hydrogens (tertiary/aromatic N) is 4. The maximum Gasteiger partial charge on any atom is 0.190 e. The quantitative estimate of drug-likeness (QED) is 0.337. The number of halogens is 1. The Labute approximate surface area is 183 Å². The number of para-hydroxylation sites is 1. The van der Waals surface area contributed by atoms with Gasteiger partial charge in [0.05, 0.1) is 17.7 Å². The lowest BCUT2D eigenvalue weighted by Crippen LogP contribution is -2.17. The first-order chi connectivity index (χ1) is 14.1. The van der Waals surface area contributed by atoms with Crippen molar-refractivity contribution in [1.29, 1.82) is 0 Å². The zero-order valence-corrected chi connectivity index (χ0v) is 18.9. The standard InChI is InChI=1S/C23H23BrN4S/c1-17-6-3-7-18(2)22(17)26-23-28(12-5-11-27-13-10-25-16-27)21(15-29-23)19-8-4-9-20(24)14-19/h3-4,6-10,13-16H,5,11-12H2,1-2H3. The second kappa shape index (κ2) is 8.93. The summed E-state index contributed by atoms with van der Waals surface area (Å²) in [6.07, 6.45) is 6.71. The molecule has 2 aromatic heterocycles. The van der Waals surface area contributed by atoms with E-state index in [9.17, 15) is 0 Å². The molecule has 4 nitrogen and oxygen atoms in total. The third-order valence-corrected chi connectivity index (χ3v) is 6.28. The van der Waals surface area contributed by atoms with E-state index in [0.29, 0.717) is 0 Å². The first kappa shape index (κ1) is 19.9. The average molecular weight is 467 g/mol. The van der Waals surface area contributed by atoms with Crippen molar-refractivity contribution in [3.05, 3.63) is 87.0 Å². The summed E-state index contributed by atoms with van der Waals surface area (Å²) in [6.45, 7) is 6.08. The Bertz CT molecular complexity index is 1150.